The molecule has 0 N–H and O–H groups in total. The topological polar surface area (TPSA) is 88.3 Å². The molecule has 2 atom stereocenters. The molecular formula is C17H23N3O3. The highest BCUT2D eigenvalue weighted by Crippen LogP contribution is 2.52. The highest BCUT2D eigenvalue weighted by atomic mass is 16.1. The third kappa shape index (κ3) is 3.11. The second kappa shape index (κ2) is 7.61. The summed E-state index contributed by atoms with van der Waals surface area (Å²) in [6.45, 7) is 2.04. The maximum atomic E-state index is 11.2. The van der Waals surface area contributed by atoms with E-state index < -0.39 is 11.2 Å². The fraction of sp³-hybridized carbons (Fsp3) is 0.824. The number of aliphatic imine (C=N–C) groups is 3. The van der Waals surface area contributed by atoms with Crippen LogP contribution in [0.2, 0.25) is 0 Å². The van der Waals surface area contributed by atoms with Gasteiger partial charge in [-0.2, -0.15) is 15.0 Å². The first kappa shape index (κ1) is 17.5. The molecule has 124 valence electrons. The van der Waals surface area contributed by atoms with Gasteiger partial charge in [0.2, 0.25) is 23.9 Å². The highest BCUT2D eigenvalue weighted by molar-refractivity contribution is 5.44. The van der Waals surface area contributed by atoms with Gasteiger partial charge in [-0.1, -0.05) is 45.4 Å². The van der Waals surface area contributed by atoms with Crippen LogP contribution in [0, 0.1) is 11.8 Å². The van der Waals surface area contributed by atoms with E-state index in [0.717, 1.165) is 38.5 Å². The van der Waals surface area contributed by atoms with Crippen LogP contribution in [0.15, 0.2) is 15.0 Å². The first-order valence-electron chi connectivity index (χ1n) is 8.43. The molecule has 2 saturated carbocycles. The SMILES string of the molecule is CC(C1CCCCC1)C1(N=C=O)CCCCC1(N=C=O)N=C=O. The molecule has 0 heterocycles. The van der Waals surface area contributed by atoms with E-state index >= 15 is 0 Å². The van der Waals surface area contributed by atoms with Gasteiger partial charge in [-0.05, 0) is 31.1 Å². The maximum Gasteiger partial charge on any atom is 0.237 e. The minimum atomic E-state index is -1.36. The number of carbonyl (C=O) groups excluding carboxylic acids is 3. The van der Waals surface area contributed by atoms with Gasteiger partial charge < -0.3 is 0 Å². The molecule has 23 heavy (non-hydrogen) atoms. The number of nitrogens with zero attached hydrogens (tertiary/aromatic N) is 3. The third-order valence-corrected chi connectivity index (χ3v) is 5.84. The minimum Gasteiger partial charge on any atom is -0.211 e. The summed E-state index contributed by atoms with van der Waals surface area (Å²) in [4.78, 5) is 45.1. The second-order valence-corrected chi connectivity index (χ2v) is 6.74. The van der Waals surface area contributed by atoms with Crippen molar-refractivity contribution >= 4 is 18.2 Å². The zero-order chi connectivity index (χ0) is 16.8. The molecule has 0 aromatic carbocycles. The minimum absolute atomic E-state index is 0.0150. The van der Waals surface area contributed by atoms with Gasteiger partial charge >= 0.3 is 0 Å². The summed E-state index contributed by atoms with van der Waals surface area (Å²) in [6, 6.07) is 0. The van der Waals surface area contributed by atoms with E-state index in [1.165, 1.54) is 6.42 Å². The molecule has 2 fully saturated rings. The molecule has 0 bridgehead atoms. The summed E-state index contributed by atoms with van der Waals surface area (Å²) in [7, 11) is 0. The van der Waals surface area contributed by atoms with E-state index in [2.05, 4.69) is 15.0 Å². The Morgan fingerprint density at radius 3 is 1.96 bits per heavy atom. The Morgan fingerprint density at radius 2 is 1.39 bits per heavy atom. The fourth-order valence-electron chi connectivity index (χ4n) is 4.61. The largest absolute Gasteiger partial charge is 0.237 e. The predicted octanol–water partition coefficient (Wildman–Crippen LogP) is 3.22. The van der Waals surface area contributed by atoms with Crippen molar-refractivity contribution in [1.29, 1.82) is 0 Å². The lowest BCUT2D eigenvalue weighted by atomic mass is 9.61. The Bertz CT molecular complexity index is 548. The molecule has 2 rings (SSSR count). The van der Waals surface area contributed by atoms with Gasteiger partial charge in [0.25, 0.3) is 0 Å². The van der Waals surface area contributed by atoms with Crippen molar-refractivity contribution in [1.82, 2.24) is 0 Å². The monoisotopic (exact) mass is 317 g/mol. The number of hydrogen-bond acceptors (Lipinski definition) is 6. The van der Waals surface area contributed by atoms with Gasteiger partial charge in [0, 0.05) is 0 Å². The molecule has 0 radical (unpaired) electrons. The Balaban J connectivity index is 2.55. The quantitative estimate of drug-likeness (QED) is 0.576. The van der Waals surface area contributed by atoms with Crippen LogP contribution in [0.4, 0.5) is 0 Å². The summed E-state index contributed by atoms with van der Waals surface area (Å²) >= 11 is 0. The Labute approximate surface area is 136 Å². The second-order valence-electron chi connectivity index (χ2n) is 6.74. The van der Waals surface area contributed by atoms with Gasteiger partial charge in [0.15, 0.2) is 0 Å². The lowest BCUT2D eigenvalue weighted by Gasteiger charge is -2.49. The van der Waals surface area contributed by atoms with Gasteiger partial charge in [-0.3, -0.25) is 0 Å². The molecule has 0 saturated heterocycles. The van der Waals surface area contributed by atoms with Gasteiger partial charge in [-0.25, -0.2) is 14.4 Å². The van der Waals surface area contributed by atoms with Crippen LogP contribution < -0.4 is 0 Å². The molecule has 0 spiro atoms. The maximum absolute atomic E-state index is 11.2. The van der Waals surface area contributed by atoms with Crippen molar-refractivity contribution in [3.8, 4) is 0 Å². The molecule has 0 amide bonds. The molecule has 0 aromatic rings. The summed E-state index contributed by atoms with van der Waals surface area (Å²) in [5, 5.41) is 0. The van der Waals surface area contributed by atoms with Crippen LogP contribution >= 0.6 is 0 Å². The summed E-state index contributed by atoms with van der Waals surface area (Å²) in [6.07, 6.45) is 13.0. The molecule has 0 aliphatic heterocycles. The zero-order valence-electron chi connectivity index (χ0n) is 13.6. The average molecular weight is 317 g/mol. The summed E-state index contributed by atoms with van der Waals surface area (Å²) in [5.41, 5.74) is -2.35. The van der Waals surface area contributed by atoms with Gasteiger partial charge in [0.1, 0.15) is 5.54 Å². The van der Waals surface area contributed by atoms with Crippen LogP contribution in [0.1, 0.15) is 64.7 Å². The van der Waals surface area contributed by atoms with E-state index in [4.69, 9.17) is 0 Å². The van der Waals surface area contributed by atoms with Crippen molar-refractivity contribution in [3.63, 3.8) is 0 Å². The molecule has 2 unspecified atom stereocenters. The van der Waals surface area contributed by atoms with Crippen LogP contribution in [0.25, 0.3) is 0 Å². The molecular weight excluding hydrogens is 294 g/mol. The Kier molecular flexibility index (Phi) is 5.79. The average Bonchev–Trinajstić information content (AvgIpc) is 2.58. The zero-order valence-corrected chi connectivity index (χ0v) is 13.6. The van der Waals surface area contributed by atoms with Crippen molar-refractivity contribution < 1.29 is 14.4 Å². The number of isocyanates is 3. The summed E-state index contributed by atoms with van der Waals surface area (Å²) in [5.74, 6) is 0.362. The van der Waals surface area contributed by atoms with Crippen LogP contribution in [0.5, 0.6) is 0 Å². The Hall–Kier alpha value is -1.86. The fourth-order valence-corrected chi connectivity index (χ4v) is 4.61. The molecule has 6 heteroatoms. The lowest BCUT2D eigenvalue weighted by Crippen LogP contribution is -2.58. The van der Waals surface area contributed by atoms with E-state index in [9.17, 15) is 14.4 Å². The highest BCUT2D eigenvalue weighted by Gasteiger charge is 2.59. The first-order valence-corrected chi connectivity index (χ1v) is 8.43. The predicted molar refractivity (Wildman–Crippen MR) is 84.0 cm³/mol. The van der Waals surface area contributed by atoms with E-state index in [0.29, 0.717) is 18.8 Å². The standard InChI is InChI=1S/C17H23N3O3/c1-14(15-7-3-2-4-8-15)16(18-11-21)9-5-6-10-17(16,19-12-22)20-13-23/h14-15H,2-10H2,1H3. The molecule has 2 aliphatic carbocycles. The third-order valence-electron chi connectivity index (χ3n) is 5.84. The summed E-state index contributed by atoms with van der Waals surface area (Å²) < 4.78 is 0. The van der Waals surface area contributed by atoms with Crippen LogP contribution in [-0.4, -0.2) is 29.4 Å². The van der Waals surface area contributed by atoms with Crippen LogP contribution in [-0.2, 0) is 14.4 Å². The van der Waals surface area contributed by atoms with Crippen molar-refractivity contribution in [2.45, 2.75) is 75.9 Å². The number of hydrogen-bond donors (Lipinski definition) is 0. The molecule has 2 aliphatic rings. The van der Waals surface area contributed by atoms with E-state index in [-0.39, 0.29) is 5.92 Å². The normalized spacial score (nSPS) is 32.7. The number of rotatable bonds is 5. The Morgan fingerprint density at radius 1 is 0.826 bits per heavy atom. The molecule has 6 nitrogen and oxygen atoms in total. The van der Waals surface area contributed by atoms with Gasteiger partial charge in [-0.15, -0.1) is 0 Å². The van der Waals surface area contributed by atoms with Crippen molar-refractivity contribution in [2.24, 2.45) is 26.8 Å². The smallest absolute Gasteiger partial charge is 0.211 e. The van der Waals surface area contributed by atoms with Crippen LogP contribution in [0.3, 0.4) is 0 Å². The van der Waals surface area contributed by atoms with Crippen molar-refractivity contribution in [2.75, 3.05) is 0 Å². The van der Waals surface area contributed by atoms with Crippen molar-refractivity contribution in [3.05, 3.63) is 0 Å². The molecule has 0 aromatic heterocycles. The lowest BCUT2D eigenvalue weighted by molar-refractivity contribution is 0.0579. The van der Waals surface area contributed by atoms with E-state index in [1.807, 2.05) is 6.92 Å². The van der Waals surface area contributed by atoms with Gasteiger partial charge in [0.05, 0.1) is 0 Å². The van der Waals surface area contributed by atoms with E-state index in [1.54, 1.807) is 18.2 Å². The first-order chi connectivity index (χ1) is 11.2.